The molecule has 0 amide bonds. The van der Waals surface area contributed by atoms with Crippen LogP contribution in [0.1, 0.15) is 85.0 Å². The van der Waals surface area contributed by atoms with Gasteiger partial charge >= 0.3 is 5.97 Å². The number of rotatable bonds is 5. The number of thiophene rings is 1. The van der Waals surface area contributed by atoms with Gasteiger partial charge in [0.25, 0.3) is 0 Å². The number of pyridine rings is 2. The molecule has 1 atom stereocenters. The molecule has 1 saturated carbocycles. The summed E-state index contributed by atoms with van der Waals surface area (Å²) in [6.45, 7) is 13.5. The molecule has 8 heteroatoms. The minimum Gasteiger partial charge on any atom is -0.465 e. The summed E-state index contributed by atoms with van der Waals surface area (Å²) in [4.78, 5) is 33.0. The Kier molecular flexibility index (Phi) is 6.29. The molecule has 36 heavy (non-hydrogen) atoms. The van der Waals surface area contributed by atoms with Crippen molar-refractivity contribution in [3.63, 3.8) is 0 Å². The summed E-state index contributed by atoms with van der Waals surface area (Å²) in [5, 5.41) is 0.642. The molecule has 6 nitrogen and oxygen atoms in total. The second-order valence-corrected chi connectivity index (χ2v) is 17.6. The molecule has 2 aliphatic rings. The van der Waals surface area contributed by atoms with E-state index in [4.69, 9.17) is 14.1 Å². The number of ether oxygens (including phenoxy) is 1. The van der Waals surface area contributed by atoms with E-state index in [1.54, 1.807) is 17.5 Å². The predicted molar refractivity (Wildman–Crippen MR) is 148 cm³/mol. The summed E-state index contributed by atoms with van der Waals surface area (Å²) < 4.78 is 13.8. The zero-order valence-corrected chi connectivity index (χ0v) is 24.2. The maximum Gasteiger partial charge on any atom is 0.343 e. The summed E-state index contributed by atoms with van der Waals surface area (Å²) in [5.74, 6) is -0.600. The molecule has 3 heterocycles. The first-order chi connectivity index (χ1) is 16.9. The Hall–Kier alpha value is -2.29. The summed E-state index contributed by atoms with van der Waals surface area (Å²) in [7, 11) is -0.594. The van der Waals surface area contributed by atoms with Crippen LogP contribution in [0.2, 0.25) is 18.1 Å². The Morgan fingerprint density at radius 1 is 1.19 bits per heavy atom. The van der Waals surface area contributed by atoms with Crippen molar-refractivity contribution in [2.24, 2.45) is 0 Å². The second-order valence-electron chi connectivity index (χ2n) is 11.8. The third kappa shape index (κ3) is 4.37. The third-order valence-corrected chi connectivity index (χ3v) is 13.8. The first kappa shape index (κ1) is 25.4. The highest BCUT2D eigenvalue weighted by atomic mass is 32.1. The van der Waals surface area contributed by atoms with Crippen LogP contribution in [0.3, 0.4) is 0 Å². The molecule has 1 fully saturated rings. The van der Waals surface area contributed by atoms with Crippen molar-refractivity contribution in [3.05, 3.63) is 50.1 Å². The SMILES string of the molecule is COC(=O)c1cn(C2CC2)c2nc(-c3cc4c(s3)C(O[Si](C)(C)C(C)(C)C)CCC4)c(C)cc2c1=O. The third-order valence-electron chi connectivity index (χ3n) is 8.06. The lowest BCUT2D eigenvalue weighted by molar-refractivity contribution is 0.0598. The summed E-state index contributed by atoms with van der Waals surface area (Å²) in [5.41, 5.74) is 3.62. The first-order valence-electron chi connectivity index (χ1n) is 12.9. The van der Waals surface area contributed by atoms with Gasteiger partial charge in [0.2, 0.25) is 5.43 Å². The van der Waals surface area contributed by atoms with Crippen LogP contribution in [-0.4, -0.2) is 30.9 Å². The van der Waals surface area contributed by atoms with Crippen molar-refractivity contribution in [2.75, 3.05) is 7.11 Å². The topological polar surface area (TPSA) is 70.4 Å². The fraction of sp³-hybridized carbons (Fsp3) is 0.536. The van der Waals surface area contributed by atoms with Gasteiger partial charge in [-0.15, -0.1) is 11.3 Å². The number of carbonyl (C=O) groups is 1. The van der Waals surface area contributed by atoms with Crippen molar-refractivity contribution in [1.29, 1.82) is 0 Å². The van der Waals surface area contributed by atoms with Gasteiger partial charge in [-0.25, -0.2) is 9.78 Å². The molecule has 5 rings (SSSR count). The normalized spacial score (nSPS) is 18.4. The van der Waals surface area contributed by atoms with E-state index in [1.807, 2.05) is 17.6 Å². The van der Waals surface area contributed by atoms with Crippen molar-refractivity contribution in [3.8, 4) is 10.6 Å². The standard InChI is InChI=1S/C28H36N2O4SSi/c1-16-13-19-24(31)20(27(32)33-5)15-30(18-11-12-18)26(19)29-23(16)22-14-17-9-8-10-21(25(17)35-22)34-36(6,7)28(2,3)4/h13-15,18,21H,8-12H2,1-7H3. The number of carbonyl (C=O) groups excluding carboxylic acids is 1. The molecular formula is C28H36N2O4SSi. The number of fused-ring (bicyclic) bond motifs is 2. The summed E-state index contributed by atoms with van der Waals surface area (Å²) in [6.07, 6.45) is 7.06. The van der Waals surface area contributed by atoms with E-state index in [0.29, 0.717) is 11.0 Å². The van der Waals surface area contributed by atoms with Gasteiger partial charge in [0.1, 0.15) is 11.2 Å². The van der Waals surface area contributed by atoms with E-state index in [1.165, 1.54) is 17.6 Å². The molecule has 0 saturated heterocycles. The molecule has 0 radical (unpaired) electrons. The highest BCUT2D eigenvalue weighted by Gasteiger charge is 2.40. The largest absolute Gasteiger partial charge is 0.465 e. The van der Waals surface area contributed by atoms with E-state index < -0.39 is 14.3 Å². The Bertz CT molecular complexity index is 1410. The van der Waals surface area contributed by atoms with Crippen LogP contribution in [0.4, 0.5) is 0 Å². The number of aromatic nitrogens is 2. The molecule has 2 aliphatic carbocycles. The van der Waals surface area contributed by atoms with E-state index in [2.05, 4.69) is 39.9 Å². The minimum atomic E-state index is -1.90. The van der Waals surface area contributed by atoms with Gasteiger partial charge in [-0.05, 0) is 80.4 Å². The Morgan fingerprint density at radius 2 is 1.92 bits per heavy atom. The molecule has 0 spiro atoms. The lowest BCUT2D eigenvalue weighted by atomic mass is 9.96. The average Bonchev–Trinajstić information content (AvgIpc) is 3.56. The van der Waals surface area contributed by atoms with E-state index in [0.717, 1.165) is 48.2 Å². The van der Waals surface area contributed by atoms with Gasteiger partial charge in [-0.1, -0.05) is 20.8 Å². The first-order valence-corrected chi connectivity index (χ1v) is 16.6. The Morgan fingerprint density at radius 3 is 2.56 bits per heavy atom. The van der Waals surface area contributed by atoms with Crippen LogP contribution >= 0.6 is 11.3 Å². The average molecular weight is 525 g/mol. The minimum absolute atomic E-state index is 0.0723. The number of hydrogen-bond donors (Lipinski definition) is 0. The van der Waals surface area contributed by atoms with Gasteiger partial charge in [-0.2, -0.15) is 0 Å². The lowest BCUT2D eigenvalue weighted by Gasteiger charge is -2.40. The van der Waals surface area contributed by atoms with Gasteiger partial charge in [0.05, 0.1) is 29.2 Å². The molecule has 0 aliphatic heterocycles. The lowest BCUT2D eigenvalue weighted by Crippen LogP contribution is -2.42. The van der Waals surface area contributed by atoms with Crippen LogP contribution in [-0.2, 0) is 15.6 Å². The fourth-order valence-electron chi connectivity index (χ4n) is 4.79. The molecular weight excluding hydrogens is 488 g/mol. The van der Waals surface area contributed by atoms with Crippen LogP contribution in [0, 0.1) is 6.92 Å². The maximum atomic E-state index is 13.2. The monoisotopic (exact) mass is 524 g/mol. The predicted octanol–water partition coefficient (Wildman–Crippen LogP) is 6.95. The number of aryl methyl sites for hydroxylation is 2. The molecule has 192 valence electrons. The van der Waals surface area contributed by atoms with Crippen molar-refractivity contribution in [2.45, 2.75) is 90.1 Å². The quantitative estimate of drug-likeness (QED) is 0.267. The molecule has 3 aromatic heterocycles. The van der Waals surface area contributed by atoms with Crippen molar-refractivity contribution >= 4 is 36.7 Å². The molecule has 3 aromatic rings. The van der Waals surface area contributed by atoms with Crippen LogP contribution in [0.5, 0.6) is 0 Å². The van der Waals surface area contributed by atoms with Gasteiger partial charge in [0, 0.05) is 17.1 Å². The molecule has 0 N–H and O–H groups in total. The number of hydrogen-bond acceptors (Lipinski definition) is 6. The molecule has 0 bridgehead atoms. The summed E-state index contributed by atoms with van der Waals surface area (Å²) >= 11 is 1.79. The molecule has 0 aromatic carbocycles. The van der Waals surface area contributed by atoms with Gasteiger partial charge in [-0.3, -0.25) is 4.79 Å². The Labute approximate surface area is 217 Å². The summed E-state index contributed by atoms with van der Waals surface area (Å²) in [6, 6.07) is 4.44. The highest BCUT2D eigenvalue weighted by molar-refractivity contribution is 7.15. The molecule has 1 unspecified atom stereocenters. The number of esters is 1. The number of nitrogens with zero attached hydrogens (tertiary/aromatic N) is 2. The van der Waals surface area contributed by atoms with Crippen LogP contribution < -0.4 is 5.43 Å². The van der Waals surface area contributed by atoms with Crippen LogP contribution in [0.15, 0.2) is 23.1 Å². The fourth-order valence-corrected chi connectivity index (χ4v) is 7.51. The Balaban J connectivity index is 1.60. The zero-order chi connectivity index (χ0) is 26.0. The second kappa shape index (κ2) is 8.92. The van der Waals surface area contributed by atoms with Crippen LogP contribution in [0.25, 0.3) is 21.6 Å². The van der Waals surface area contributed by atoms with Gasteiger partial charge < -0.3 is 13.7 Å². The van der Waals surface area contributed by atoms with E-state index in [9.17, 15) is 9.59 Å². The zero-order valence-electron chi connectivity index (χ0n) is 22.4. The number of methoxy groups -OCH3 is 1. The maximum absolute atomic E-state index is 13.2. The van der Waals surface area contributed by atoms with E-state index in [-0.39, 0.29) is 28.2 Å². The van der Waals surface area contributed by atoms with Gasteiger partial charge in [0.15, 0.2) is 8.32 Å². The smallest absolute Gasteiger partial charge is 0.343 e. The van der Waals surface area contributed by atoms with Crippen molar-refractivity contribution in [1.82, 2.24) is 9.55 Å². The van der Waals surface area contributed by atoms with E-state index >= 15 is 0 Å². The van der Waals surface area contributed by atoms with Crippen molar-refractivity contribution < 1.29 is 14.0 Å². The highest BCUT2D eigenvalue weighted by Crippen LogP contribution is 2.47.